The molecule has 4 fully saturated rings. The molecule has 234 valence electrons. The van der Waals surface area contributed by atoms with Crippen molar-refractivity contribution >= 4 is 23.7 Å². The molecular formula is C31H47N3O8. The lowest BCUT2D eigenvalue weighted by atomic mass is 9.45. The number of carboxylic acid groups (broad SMARTS) is 2. The molecule has 0 aromatic heterocycles. The molecule has 42 heavy (non-hydrogen) atoms. The van der Waals surface area contributed by atoms with Gasteiger partial charge in [0.15, 0.2) is 5.78 Å². The molecule has 0 aromatic rings. The van der Waals surface area contributed by atoms with Gasteiger partial charge in [0.25, 0.3) is 0 Å². The third-order valence-corrected chi connectivity index (χ3v) is 10.8. The molecule has 0 aromatic carbocycles. The first-order valence-corrected chi connectivity index (χ1v) is 15.6. The Morgan fingerprint density at radius 2 is 1.93 bits per heavy atom. The Bertz CT molecular complexity index is 1120. The van der Waals surface area contributed by atoms with Crippen molar-refractivity contribution < 1.29 is 38.8 Å². The quantitative estimate of drug-likeness (QED) is 0.177. The summed E-state index contributed by atoms with van der Waals surface area (Å²) in [6, 6.07) is -0.269. The predicted molar refractivity (Wildman–Crippen MR) is 154 cm³/mol. The highest BCUT2D eigenvalue weighted by molar-refractivity contribution is 5.97. The zero-order valence-corrected chi connectivity index (χ0v) is 24.9. The molecule has 3 saturated carbocycles. The first-order valence-electron chi connectivity index (χ1n) is 15.6. The van der Waals surface area contributed by atoms with Gasteiger partial charge in [0.2, 0.25) is 0 Å². The fraction of sp³-hybridized carbons (Fsp3) is 0.806. The Kier molecular flexibility index (Phi) is 9.02. The first kappa shape index (κ1) is 30.9. The van der Waals surface area contributed by atoms with Gasteiger partial charge in [-0.15, -0.1) is 0 Å². The molecule has 2 bridgehead atoms. The minimum Gasteiger partial charge on any atom is -0.481 e. The van der Waals surface area contributed by atoms with Gasteiger partial charge in [0.05, 0.1) is 44.4 Å². The summed E-state index contributed by atoms with van der Waals surface area (Å²) in [5.74, 6) is -1.42. The fourth-order valence-corrected chi connectivity index (χ4v) is 9.51. The van der Waals surface area contributed by atoms with E-state index in [0.29, 0.717) is 31.4 Å². The average molecular weight is 590 g/mol. The number of amidine groups is 1. The SMILES string of the molecule is CC(C)CC1CCC2C3CCC4C5COC[C@@]4(C[C@@H](OC(=O)O)[C@@H]5OCC(C)N=C(N)CN)C3=CC(=O)C2[C@@H]1C(=O)O. The van der Waals surface area contributed by atoms with E-state index in [-0.39, 0.29) is 54.6 Å². The second-order valence-electron chi connectivity index (χ2n) is 13.7. The van der Waals surface area contributed by atoms with E-state index in [9.17, 15) is 24.6 Å². The lowest BCUT2D eigenvalue weighted by Gasteiger charge is -2.62. The normalized spacial score (nSPS) is 40.3. The fourth-order valence-electron chi connectivity index (χ4n) is 9.51. The highest BCUT2D eigenvalue weighted by atomic mass is 16.7. The van der Waals surface area contributed by atoms with Crippen molar-refractivity contribution in [1.29, 1.82) is 0 Å². The molecule has 1 heterocycles. The van der Waals surface area contributed by atoms with Crippen LogP contribution in [0.3, 0.4) is 0 Å². The number of hydrogen-bond acceptors (Lipinski definition) is 8. The molecule has 11 heteroatoms. The van der Waals surface area contributed by atoms with E-state index in [2.05, 4.69) is 18.8 Å². The van der Waals surface area contributed by atoms with Gasteiger partial charge < -0.3 is 35.9 Å². The van der Waals surface area contributed by atoms with E-state index in [4.69, 9.17) is 25.7 Å². The van der Waals surface area contributed by atoms with Crippen LogP contribution in [0.2, 0.25) is 0 Å². The number of rotatable bonds is 9. The van der Waals surface area contributed by atoms with Crippen molar-refractivity contribution in [2.75, 3.05) is 26.4 Å². The topological polar surface area (TPSA) is 184 Å². The molecule has 1 saturated heterocycles. The molecule has 11 nitrogen and oxygen atoms in total. The van der Waals surface area contributed by atoms with Crippen LogP contribution in [-0.2, 0) is 23.8 Å². The number of carboxylic acids is 1. The van der Waals surface area contributed by atoms with Crippen molar-refractivity contribution in [3.8, 4) is 0 Å². The minimum atomic E-state index is -1.37. The van der Waals surface area contributed by atoms with Crippen LogP contribution in [0.5, 0.6) is 0 Å². The van der Waals surface area contributed by atoms with Crippen LogP contribution < -0.4 is 11.5 Å². The lowest BCUT2D eigenvalue weighted by Crippen LogP contribution is -2.64. The van der Waals surface area contributed by atoms with E-state index < -0.39 is 41.6 Å². The first-order chi connectivity index (χ1) is 20.0. The number of nitrogens with zero attached hydrogens (tertiary/aromatic N) is 1. The second-order valence-corrected chi connectivity index (χ2v) is 13.7. The maximum absolute atomic E-state index is 13.9. The zero-order chi connectivity index (χ0) is 30.3. The molecule has 0 radical (unpaired) electrons. The number of allylic oxidation sites excluding steroid dienone is 1. The Balaban J connectivity index is 1.46. The number of aliphatic imine (C=N–C) groups is 1. The number of nitrogens with two attached hydrogens (primary N) is 2. The number of carbonyl (C=O) groups is 3. The number of carbonyl (C=O) groups excluding carboxylic acids is 1. The standard InChI is InChI=1S/C31H47N3O8/c1-15(2)8-17-4-5-19-18-6-7-21-20-13-40-14-31(21,22(18)9-23(35)27(19)26(17)29(36)37)10-24(42-30(38)39)28(20)41-12-16(3)34-25(33)11-32/h9,15-21,24,26-28H,4-8,10-14,32H2,1-3H3,(H2,33,34)(H,36,37)(H,38,39)/t16?,17?,18?,19?,20?,21?,24-,26-,27?,28-,31-/m1/s1. The second kappa shape index (κ2) is 12.2. The third-order valence-electron chi connectivity index (χ3n) is 10.8. The summed E-state index contributed by atoms with van der Waals surface area (Å²) < 4.78 is 18.1. The molecule has 5 aliphatic rings. The molecule has 1 aliphatic heterocycles. The number of ketones is 1. The summed E-state index contributed by atoms with van der Waals surface area (Å²) >= 11 is 0. The molecule has 5 rings (SSSR count). The van der Waals surface area contributed by atoms with Gasteiger partial charge in [0, 0.05) is 17.3 Å². The monoisotopic (exact) mass is 589 g/mol. The van der Waals surface area contributed by atoms with Gasteiger partial charge in [-0.05, 0) is 81.1 Å². The Labute approximate surface area is 247 Å². The summed E-state index contributed by atoms with van der Waals surface area (Å²) in [6.45, 7) is 7.23. The molecule has 0 spiro atoms. The molecule has 4 aliphatic carbocycles. The predicted octanol–water partition coefficient (Wildman–Crippen LogP) is 3.10. The molecular weight excluding hydrogens is 542 g/mol. The van der Waals surface area contributed by atoms with E-state index in [1.807, 2.05) is 6.92 Å². The summed E-state index contributed by atoms with van der Waals surface area (Å²) in [5, 5.41) is 20.0. The Morgan fingerprint density at radius 1 is 1.17 bits per heavy atom. The Morgan fingerprint density at radius 3 is 2.60 bits per heavy atom. The van der Waals surface area contributed by atoms with E-state index >= 15 is 0 Å². The van der Waals surface area contributed by atoms with Gasteiger partial charge >= 0.3 is 12.1 Å². The highest BCUT2D eigenvalue weighted by Gasteiger charge is 2.64. The van der Waals surface area contributed by atoms with Crippen molar-refractivity contribution in [3.05, 3.63) is 11.6 Å². The van der Waals surface area contributed by atoms with E-state index in [1.165, 1.54) is 0 Å². The summed E-state index contributed by atoms with van der Waals surface area (Å²) in [6.07, 6.45) is 3.66. The van der Waals surface area contributed by atoms with Crippen molar-refractivity contribution in [3.63, 3.8) is 0 Å². The molecule has 11 atom stereocenters. The van der Waals surface area contributed by atoms with Crippen LogP contribution in [-0.4, -0.2) is 78.6 Å². The zero-order valence-electron chi connectivity index (χ0n) is 24.9. The number of fused-ring (bicyclic) bond motifs is 3. The smallest absolute Gasteiger partial charge is 0.481 e. The number of ether oxygens (including phenoxy) is 3. The average Bonchev–Trinajstić information content (AvgIpc) is 2.91. The van der Waals surface area contributed by atoms with Gasteiger partial charge in [-0.3, -0.25) is 14.6 Å². The van der Waals surface area contributed by atoms with E-state index in [1.54, 1.807) is 6.08 Å². The molecule has 6 N–H and O–H groups in total. The van der Waals surface area contributed by atoms with Gasteiger partial charge in [-0.1, -0.05) is 19.4 Å². The lowest BCUT2D eigenvalue weighted by molar-refractivity contribution is -0.218. The van der Waals surface area contributed by atoms with Crippen LogP contribution in [0.15, 0.2) is 16.6 Å². The highest BCUT2D eigenvalue weighted by Crippen LogP contribution is 2.64. The summed E-state index contributed by atoms with van der Waals surface area (Å²) in [5.41, 5.74) is 11.8. The van der Waals surface area contributed by atoms with Crippen molar-refractivity contribution in [1.82, 2.24) is 0 Å². The van der Waals surface area contributed by atoms with Crippen LogP contribution in [0.25, 0.3) is 0 Å². The van der Waals surface area contributed by atoms with Crippen molar-refractivity contribution in [2.24, 2.45) is 69.2 Å². The number of aliphatic carboxylic acids is 1. The summed E-state index contributed by atoms with van der Waals surface area (Å²) in [4.78, 5) is 42.7. The maximum Gasteiger partial charge on any atom is 0.506 e. The minimum absolute atomic E-state index is 0.00703. The number of hydrogen-bond donors (Lipinski definition) is 4. The van der Waals surface area contributed by atoms with Crippen LogP contribution in [0, 0.1) is 52.8 Å². The summed E-state index contributed by atoms with van der Waals surface area (Å²) in [7, 11) is 0. The molecule has 0 amide bonds. The largest absolute Gasteiger partial charge is 0.506 e. The molecule has 7 unspecified atom stereocenters. The van der Waals surface area contributed by atoms with Gasteiger partial charge in [0.1, 0.15) is 11.9 Å². The van der Waals surface area contributed by atoms with E-state index in [0.717, 1.165) is 37.7 Å². The van der Waals surface area contributed by atoms with Crippen LogP contribution in [0.1, 0.15) is 59.3 Å². The van der Waals surface area contributed by atoms with Crippen LogP contribution in [0.4, 0.5) is 4.79 Å². The Hall–Kier alpha value is -2.50. The van der Waals surface area contributed by atoms with Gasteiger partial charge in [-0.2, -0.15) is 0 Å². The maximum atomic E-state index is 13.9. The third kappa shape index (κ3) is 5.59. The van der Waals surface area contributed by atoms with Crippen LogP contribution >= 0.6 is 0 Å². The van der Waals surface area contributed by atoms with Gasteiger partial charge in [-0.25, -0.2) is 4.79 Å². The van der Waals surface area contributed by atoms with Crippen molar-refractivity contribution in [2.45, 2.75) is 77.5 Å².